The van der Waals surface area contributed by atoms with Crippen molar-refractivity contribution >= 4 is 28.9 Å². The van der Waals surface area contributed by atoms with Crippen molar-refractivity contribution in [3.8, 4) is 11.5 Å². The number of nitrogens with zero attached hydrogens (tertiary/aromatic N) is 3. The minimum absolute atomic E-state index is 0.0785. The minimum Gasteiger partial charge on any atom is -0.456 e. The van der Waals surface area contributed by atoms with Gasteiger partial charge in [-0.15, -0.1) is 10.2 Å². The number of rotatable bonds is 6. The molecule has 1 aromatic carbocycles. The SMILES string of the molecule is O=C(CCc1nnc(-c2ccsc2)o1)OCC(=O)N1CCCc2ccccc21. The number of fused-ring (bicyclic) bond motifs is 1. The van der Waals surface area contributed by atoms with Gasteiger partial charge in [-0.25, -0.2) is 0 Å². The maximum Gasteiger partial charge on any atom is 0.306 e. The quantitative estimate of drug-likeness (QED) is 0.594. The fourth-order valence-corrected chi connectivity index (χ4v) is 3.78. The van der Waals surface area contributed by atoms with Gasteiger partial charge in [0.1, 0.15) is 0 Å². The number of aryl methyl sites for hydroxylation is 2. The summed E-state index contributed by atoms with van der Waals surface area (Å²) in [6.07, 6.45) is 2.21. The minimum atomic E-state index is -0.464. The van der Waals surface area contributed by atoms with E-state index in [9.17, 15) is 9.59 Å². The van der Waals surface area contributed by atoms with E-state index >= 15 is 0 Å². The van der Waals surface area contributed by atoms with E-state index in [2.05, 4.69) is 10.2 Å². The maximum atomic E-state index is 12.5. The van der Waals surface area contributed by atoms with Gasteiger partial charge >= 0.3 is 5.97 Å². The van der Waals surface area contributed by atoms with Crippen molar-refractivity contribution in [2.75, 3.05) is 18.1 Å². The Morgan fingerprint density at radius 1 is 1.21 bits per heavy atom. The molecule has 0 radical (unpaired) electrons. The normalized spacial score (nSPS) is 13.2. The van der Waals surface area contributed by atoms with Gasteiger partial charge in [-0.05, 0) is 35.9 Å². The van der Waals surface area contributed by atoms with E-state index in [1.807, 2.05) is 41.1 Å². The molecule has 1 aliphatic rings. The van der Waals surface area contributed by atoms with Crippen molar-refractivity contribution in [1.29, 1.82) is 0 Å². The Morgan fingerprint density at radius 3 is 2.96 bits per heavy atom. The average Bonchev–Trinajstić information content (AvgIpc) is 3.41. The molecular weight excluding hydrogens is 378 g/mol. The van der Waals surface area contributed by atoms with Gasteiger partial charge in [0.25, 0.3) is 5.91 Å². The summed E-state index contributed by atoms with van der Waals surface area (Å²) in [4.78, 5) is 26.2. The first-order valence-electron chi connectivity index (χ1n) is 9.09. The molecule has 144 valence electrons. The van der Waals surface area contributed by atoms with E-state index in [1.165, 1.54) is 0 Å². The largest absolute Gasteiger partial charge is 0.456 e. The number of benzene rings is 1. The molecule has 0 unspecified atom stereocenters. The summed E-state index contributed by atoms with van der Waals surface area (Å²) >= 11 is 1.54. The second-order valence-electron chi connectivity index (χ2n) is 6.45. The number of carbonyl (C=O) groups excluding carboxylic acids is 2. The predicted octanol–water partition coefficient (Wildman–Crippen LogP) is 3.25. The van der Waals surface area contributed by atoms with Crippen LogP contribution in [-0.2, 0) is 27.2 Å². The van der Waals surface area contributed by atoms with Crippen LogP contribution < -0.4 is 4.90 Å². The first kappa shape index (κ1) is 18.4. The summed E-state index contributed by atoms with van der Waals surface area (Å²) in [5, 5.41) is 11.8. The molecule has 0 fully saturated rings. The number of anilines is 1. The number of para-hydroxylation sites is 1. The number of hydrogen-bond acceptors (Lipinski definition) is 7. The third-order valence-electron chi connectivity index (χ3n) is 4.55. The summed E-state index contributed by atoms with van der Waals surface area (Å²) in [5.74, 6) is 0.130. The highest BCUT2D eigenvalue weighted by molar-refractivity contribution is 7.08. The Hall–Kier alpha value is -3.00. The number of hydrogen-bond donors (Lipinski definition) is 0. The highest BCUT2D eigenvalue weighted by atomic mass is 32.1. The van der Waals surface area contributed by atoms with Gasteiger partial charge < -0.3 is 14.1 Å². The Labute approximate surface area is 165 Å². The Balaban J connectivity index is 1.26. The fourth-order valence-electron chi connectivity index (χ4n) is 3.15. The monoisotopic (exact) mass is 397 g/mol. The van der Waals surface area contributed by atoms with E-state index in [-0.39, 0.29) is 25.4 Å². The van der Waals surface area contributed by atoms with Gasteiger partial charge in [0.05, 0.1) is 6.42 Å². The molecule has 8 heteroatoms. The molecule has 0 atom stereocenters. The lowest BCUT2D eigenvalue weighted by Gasteiger charge is -2.29. The van der Waals surface area contributed by atoms with E-state index in [0.29, 0.717) is 18.3 Å². The number of amides is 1. The fraction of sp³-hybridized carbons (Fsp3) is 0.300. The van der Waals surface area contributed by atoms with Crippen molar-refractivity contribution in [2.24, 2.45) is 0 Å². The van der Waals surface area contributed by atoms with Crippen LogP contribution in [0.25, 0.3) is 11.5 Å². The van der Waals surface area contributed by atoms with Gasteiger partial charge in [0.15, 0.2) is 6.61 Å². The van der Waals surface area contributed by atoms with Crippen molar-refractivity contribution in [1.82, 2.24) is 10.2 Å². The van der Waals surface area contributed by atoms with E-state index < -0.39 is 5.97 Å². The van der Waals surface area contributed by atoms with Crippen LogP contribution in [0.4, 0.5) is 5.69 Å². The zero-order valence-electron chi connectivity index (χ0n) is 15.2. The van der Waals surface area contributed by atoms with Crippen molar-refractivity contribution < 1.29 is 18.7 Å². The molecule has 0 saturated heterocycles. The highest BCUT2D eigenvalue weighted by Crippen LogP contribution is 2.26. The van der Waals surface area contributed by atoms with Gasteiger partial charge in [-0.2, -0.15) is 11.3 Å². The number of aromatic nitrogens is 2. The lowest BCUT2D eigenvalue weighted by Crippen LogP contribution is -2.38. The molecule has 7 nitrogen and oxygen atoms in total. The van der Waals surface area contributed by atoms with Crippen LogP contribution in [0.5, 0.6) is 0 Å². The highest BCUT2D eigenvalue weighted by Gasteiger charge is 2.23. The summed E-state index contributed by atoms with van der Waals surface area (Å²) < 4.78 is 10.7. The molecule has 0 bridgehead atoms. The van der Waals surface area contributed by atoms with Crippen LogP contribution in [0, 0.1) is 0 Å². The maximum absolute atomic E-state index is 12.5. The smallest absolute Gasteiger partial charge is 0.306 e. The molecule has 1 aliphatic heterocycles. The van der Waals surface area contributed by atoms with Crippen molar-refractivity contribution in [3.05, 3.63) is 52.5 Å². The molecule has 2 aromatic heterocycles. The van der Waals surface area contributed by atoms with Gasteiger partial charge in [0.2, 0.25) is 11.8 Å². The second-order valence-corrected chi connectivity index (χ2v) is 7.23. The number of carbonyl (C=O) groups is 2. The Kier molecular flexibility index (Phi) is 5.48. The summed E-state index contributed by atoms with van der Waals surface area (Å²) in [6, 6.07) is 9.71. The summed E-state index contributed by atoms with van der Waals surface area (Å²) in [6.45, 7) is 0.373. The van der Waals surface area contributed by atoms with Gasteiger partial charge in [-0.3, -0.25) is 9.59 Å². The van der Waals surface area contributed by atoms with Gasteiger partial charge in [-0.1, -0.05) is 18.2 Å². The average molecular weight is 397 g/mol. The zero-order valence-corrected chi connectivity index (χ0v) is 16.0. The zero-order chi connectivity index (χ0) is 19.3. The molecule has 1 amide bonds. The molecule has 0 aliphatic carbocycles. The Bertz CT molecular complexity index is 968. The van der Waals surface area contributed by atoms with Crippen LogP contribution in [0.1, 0.15) is 24.3 Å². The van der Waals surface area contributed by atoms with Crippen LogP contribution in [0.15, 0.2) is 45.5 Å². The molecule has 3 aromatic rings. The van der Waals surface area contributed by atoms with E-state index in [1.54, 1.807) is 16.2 Å². The van der Waals surface area contributed by atoms with E-state index in [4.69, 9.17) is 9.15 Å². The first-order chi connectivity index (χ1) is 13.7. The molecule has 28 heavy (non-hydrogen) atoms. The third kappa shape index (κ3) is 4.12. The van der Waals surface area contributed by atoms with Crippen LogP contribution in [0.3, 0.4) is 0 Å². The van der Waals surface area contributed by atoms with Crippen molar-refractivity contribution in [3.63, 3.8) is 0 Å². The lowest BCUT2D eigenvalue weighted by molar-refractivity contribution is -0.147. The number of thiophene rings is 1. The number of ether oxygens (including phenoxy) is 1. The van der Waals surface area contributed by atoms with Crippen molar-refractivity contribution in [2.45, 2.75) is 25.7 Å². The third-order valence-corrected chi connectivity index (χ3v) is 5.23. The summed E-state index contributed by atoms with van der Waals surface area (Å²) in [7, 11) is 0. The summed E-state index contributed by atoms with van der Waals surface area (Å²) in [5.41, 5.74) is 2.91. The van der Waals surface area contributed by atoms with Gasteiger partial charge in [0, 0.05) is 29.6 Å². The van der Waals surface area contributed by atoms with Crippen LogP contribution >= 0.6 is 11.3 Å². The Morgan fingerprint density at radius 2 is 2.11 bits per heavy atom. The predicted molar refractivity (Wildman–Crippen MR) is 104 cm³/mol. The second kappa shape index (κ2) is 8.35. The molecule has 4 rings (SSSR count). The molecule has 0 saturated carbocycles. The van der Waals surface area contributed by atoms with Crippen LogP contribution in [0.2, 0.25) is 0 Å². The molecule has 3 heterocycles. The molecular formula is C20H19N3O4S. The standard InChI is InChI=1S/C20H19N3O4S/c24-18(23-10-3-5-14-4-1-2-6-16(14)23)12-26-19(25)8-7-17-21-22-20(27-17)15-9-11-28-13-15/h1-2,4,6,9,11,13H,3,5,7-8,10,12H2. The molecule has 0 N–H and O–H groups in total. The number of esters is 1. The van der Waals surface area contributed by atoms with Crippen LogP contribution in [-0.4, -0.2) is 35.2 Å². The lowest BCUT2D eigenvalue weighted by atomic mass is 10.0. The van der Waals surface area contributed by atoms with E-state index in [0.717, 1.165) is 29.7 Å². The topological polar surface area (TPSA) is 85.5 Å². The first-order valence-corrected chi connectivity index (χ1v) is 10.0. The molecule has 0 spiro atoms.